The predicted molar refractivity (Wildman–Crippen MR) is 129 cm³/mol. The number of benzene rings is 1. The zero-order valence-electron chi connectivity index (χ0n) is 19.6. The van der Waals surface area contributed by atoms with Gasteiger partial charge in [0.2, 0.25) is 0 Å². The second kappa shape index (κ2) is 9.19. The van der Waals surface area contributed by atoms with E-state index in [1.54, 1.807) is 20.0 Å². The fourth-order valence-corrected chi connectivity index (χ4v) is 4.62. The lowest BCUT2D eigenvalue weighted by Crippen LogP contribution is -2.46. The van der Waals surface area contributed by atoms with E-state index in [0.29, 0.717) is 23.1 Å². The molecule has 4 rings (SSSR count). The highest BCUT2D eigenvalue weighted by molar-refractivity contribution is 5.92. The van der Waals surface area contributed by atoms with Gasteiger partial charge in [-0.15, -0.1) is 0 Å². The summed E-state index contributed by atoms with van der Waals surface area (Å²) < 4.78 is 1.21. The van der Waals surface area contributed by atoms with Crippen LogP contribution in [0, 0.1) is 13.8 Å². The number of piperazine rings is 1. The molecule has 174 valence electrons. The zero-order valence-corrected chi connectivity index (χ0v) is 19.6. The monoisotopic (exact) mass is 450 g/mol. The van der Waals surface area contributed by atoms with Crippen molar-refractivity contribution in [3.63, 3.8) is 0 Å². The molecule has 33 heavy (non-hydrogen) atoms. The van der Waals surface area contributed by atoms with Gasteiger partial charge < -0.3 is 15.2 Å². The fraction of sp³-hybridized carbons (Fsp3) is 0.417. The van der Waals surface area contributed by atoms with E-state index in [2.05, 4.69) is 25.1 Å². The number of H-pyrrole nitrogens is 1. The normalized spacial score (nSPS) is 14.6. The molecule has 1 saturated heterocycles. The van der Waals surface area contributed by atoms with Gasteiger partial charge in [-0.1, -0.05) is 6.07 Å². The summed E-state index contributed by atoms with van der Waals surface area (Å²) in [6, 6.07) is 7.51. The van der Waals surface area contributed by atoms with Gasteiger partial charge in [0.25, 0.3) is 11.5 Å². The summed E-state index contributed by atoms with van der Waals surface area (Å²) in [5.41, 5.74) is 4.46. The molecule has 0 spiro atoms. The molecular formula is C24H30N6O3. The van der Waals surface area contributed by atoms with Gasteiger partial charge in [-0.2, -0.15) is 0 Å². The van der Waals surface area contributed by atoms with Crippen LogP contribution < -0.4 is 21.5 Å². The van der Waals surface area contributed by atoms with Crippen molar-refractivity contribution in [3.8, 4) is 0 Å². The Hall–Kier alpha value is -3.46. The molecular weight excluding hydrogens is 420 g/mol. The van der Waals surface area contributed by atoms with E-state index in [1.807, 2.05) is 32.0 Å². The van der Waals surface area contributed by atoms with Crippen LogP contribution in [-0.2, 0) is 13.1 Å². The molecule has 1 aromatic carbocycles. The van der Waals surface area contributed by atoms with Gasteiger partial charge in [-0.3, -0.25) is 19.1 Å². The van der Waals surface area contributed by atoms with Gasteiger partial charge in [-0.05, 0) is 50.1 Å². The van der Waals surface area contributed by atoms with Gasteiger partial charge >= 0.3 is 5.69 Å². The van der Waals surface area contributed by atoms with Crippen molar-refractivity contribution < 1.29 is 4.79 Å². The summed E-state index contributed by atoms with van der Waals surface area (Å²) in [5, 5.41) is 3.16. The highest BCUT2D eigenvalue weighted by Crippen LogP contribution is 2.26. The molecule has 3 heterocycles. The first-order chi connectivity index (χ1) is 15.8. The molecule has 1 amide bonds. The van der Waals surface area contributed by atoms with Crippen LogP contribution in [0.1, 0.15) is 34.2 Å². The second-order valence-electron chi connectivity index (χ2n) is 8.46. The third-order valence-corrected chi connectivity index (χ3v) is 6.27. The van der Waals surface area contributed by atoms with Crippen LogP contribution in [0.25, 0.3) is 10.9 Å². The largest absolute Gasteiger partial charge is 0.367 e. The molecule has 0 unspecified atom stereocenters. The lowest BCUT2D eigenvalue weighted by Gasteiger charge is -2.37. The van der Waals surface area contributed by atoms with Crippen LogP contribution in [0.4, 0.5) is 5.69 Å². The number of pyridine rings is 1. The van der Waals surface area contributed by atoms with Crippen molar-refractivity contribution >= 4 is 22.5 Å². The van der Waals surface area contributed by atoms with Gasteiger partial charge in [0, 0.05) is 46.3 Å². The molecule has 0 saturated carbocycles. The highest BCUT2D eigenvalue weighted by atomic mass is 16.2. The molecule has 0 aliphatic carbocycles. The summed E-state index contributed by atoms with van der Waals surface area (Å²) in [4.78, 5) is 48.6. The van der Waals surface area contributed by atoms with Crippen LogP contribution in [-0.4, -0.2) is 58.6 Å². The van der Waals surface area contributed by atoms with Gasteiger partial charge in [0.05, 0.1) is 22.3 Å². The summed E-state index contributed by atoms with van der Waals surface area (Å²) >= 11 is 0. The summed E-state index contributed by atoms with van der Waals surface area (Å²) in [6.07, 6.45) is 0. The Bertz CT molecular complexity index is 1290. The van der Waals surface area contributed by atoms with E-state index in [9.17, 15) is 14.4 Å². The van der Waals surface area contributed by atoms with E-state index in [-0.39, 0.29) is 17.2 Å². The van der Waals surface area contributed by atoms with E-state index in [1.165, 1.54) is 4.57 Å². The van der Waals surface area contributed by atoms with E-state index in [0.717, 1.165) is 55.2 Å². The molecule has 9 heteroatoms. The molecule has 3 aromatic rings. The van der Waals surface area contributed by atoms with Crippen molar-refractivity contribution in [1.82, 2.24) is 24.8 Å². The average Bonchev–Trinajstić information content (AvgIpc) is 2.79. The standard InChI is InChI=1S/C24H30N6O3/c1-5-30-23(32)18-7-6-17(13-19(18)27-24(30)33)14-28-8-10-29(11-9-28)21-15(2)12-20(22(31)25-4)26-16(21)3/h6-7,12-13H,5,8-11,14H2,1-4H3,(H,25,31)(H,27,33). The van der Waals surface area contributed by atoms with Crippen LogP contribution in [0.5, 0.6) is 0 Å². The molecule has 0 radical (unpaired) electrons. The molecule has 1 aliphatic rings. The van der Waals surface area contributed by atoms with Crippen LogP contribution in [0.3, 0.4) is 0 Å². The highest BCUT2D eigenvalue weighted by Gasteiger charge is 2.22. The van der Waals surface area contributed by atoms with Gasteiger partial charge in [0.15, 0.2) is 0 Å². The Morgan fingerprint density at radius 3 is 2.48 bits per heavy atom. The Morgan fingerprint density at radius 2 is 1.85 bits per heavy atom. The number of hydrogen-bond donors (Lipinski definition) is 2. The molecule has 2 N–H and O–H groups in total. The van der Waals surface area contributed by atoms with Crippen molar-refractivity contribution in [3.05, 3.63) is 67.6 Å². The van der Waals surface area contributed by atoms with E-state index >= 15 is 0 Å². The minimum absolute atomic E-state index is 0.178. The first-order valence-corrected chi connectivity index (χ1v) is 11.3. The molecule has 9 nitrogen and oxygen atoms in total. The summed E-state index contributed by atoms with van der Waals surface area (Å²) in [5.74, 6) is -0.178. The number of nitrogens with one attached hydrogen (secondary N) is 2. The molecule has 2 aromatic heterocycles. The Balaban J connectivity index is 1.47. The van der Waals surface area contributed by atoms with Gasteiger partial charge in [-0.25, -0.2) is 9.78 Å². The number of aromatic nitrogens is 3. The van der Waals surface area contributed by atoms with Crippen molar-refractivity contribution in [2.24, 2.45) is 0 Å². The Labute approximate surface area is 192 Å². The van der Waals surface area contributed by atoms with Crippen molar-refractivity contribution in [1.29, 1.82) is 0 Å². The summed E-state index contributed by atoms with van der Waals surface area (Å²) in [6.45, 7) is 10.3. The lowest BCUT2D eigenvalue weighted by atomic mass is 10.1. The third kappa shape index (κ3) is 4.41. The SMILES string of the molecule is CCn1c(=O)[nH]c2cc(CN3CCN(c4c(C)cc(C(=O)NC)nc4C)CC3)ccc2c1=O. The first kappa shape index (κ1) is 22.7. The number of rotatable bonds is 5. The average molecular weight is 451 g/mol. The fourth-order valence-electron chi connectivity index (χ4n) is 4.62. The molecule has 0 bridgehead atoms. The zero-order chi connectivity index (χ0) is 23.7. The first-order valence-electron chi connectivity index (χ1n) is 11.3. The smallest absolute Gasteiger partial charge is 0.328 e. The minimum Gasteiger partial charge on any atom is -0.367 e. The van der Waals surface area contributed by atoms with Crippen LogP contribution in [0.2, 0.25) is 0 Å². The lowest BCUT2D eigenvalue weighted by molar-refractivity contribution is 0.0958. The topological polar surface area (TPSA) is 103 Å². The van der Waals surface area contributed by atoms with Crippen LogP contribution in [0.15, 0.2) is 33.9 Å². The molecule has 1 aliphatic heterocycles. The Kier molecular flexibility index (Phi) is 6.33. The molecule has 1 fully saturated rings. The number of carbonyl (C=O) groups excluding carboxylic acids is 1. The maximum Gasteiger partial charge on any atom is 0.328 e. The van der Waals surface area contributed by atoms with E-state index in [4.69, 9.17) is 0 Å². The van der Waals surface area contributed by atoms with Crippen molar-refractivity contribution in [2.75, 3.05) is 38.1 Å². The quantitative estimate of drug-likeness (QED) is 0.609. The molecule has 0 atom stereocenters. The summed E-state index contributed by atoms with van der Waals surface area (Å²) in [7, 11) is 1.61. The number of hydrogen-bond acceptors (Lipinski definition) is 6. The number of aromatic amines is 1. The number of nitrogens with zero attached hydrogens (tertiary/aromatic N) is 4. The maximum atomic E-state index is 12.5. The third-order valence-electron chi connectivity index (χ3n) is 6.27. The van der Waals surface area contributed by atoms with Crippen molar-refractivity contribution in [2.45, 2.75) is 33.9 Å². The number of amides is 1. The number of fused-ring (bicyclic) bond motifs is 1. The number of anilines is 1. The Morgan fingerprint density at radius 1 is 1.12 bits per heavy atom. The maximum absolute atomic E-state index is 12.5. The minimum atomic E-state index is -0.373. The number of carbonyl (C=O) groups is 1. The van der Waals surface area contributed by atoms with E-state index < -0.39 is 0 Å². The second-order valence-corrected chi connectivity index (χ2v) is 8.46. The predicted octanol–water partition coefficient (Wildman–Crippen LogP) is 1.40. The van der Waals surface area contributed by atoms with Gasteiger partial charge in [0.1, 0.15) is 5.69 Å². The number of aryl methyl sites for hydroxylation is 2. The van der Waals surface area contributed by atoms with Crippen LogP contribution >= 0.6 is 0 Å².